The van der Waals surface area contributed by atoms with Crippen molar-refractivity contribution in [2.24, 2.45) is 0 Å². The normalized spacial score (nSPS) is 13.5. The van der Waals surface area contributed by atoms with Crippen molar-refractivity contribution in [3.63, 3.8) is 0 Å². The summed E-state index contributed by atoms with van der Waals surface area (Å²) in [5.41, 5.74) is -0.407. The molecule has 0 radical (unpaired) electrons. The number of nitrogens with one attached hydrogen (secondary N) is 1. The molecule has 0 aliphatic rings. The molecule has 0 saturated heterocycles. The lowest BCUT2D eigenvalue weighted by atomic mass is 10.0. The Kier molecular flexibility index (Phi) is 8.34. The first-order chi connectivity index (χ1) is 16.5. The molecule has 0 spiro atoms. The van der Waals surface area contributed by atoms with E-state index in [0.717, 1.165) is 12.1 Å². The summed E-state index contributed by atoms with van der Waals surface area (Å²) in [5, 5.41) is 3.63. The highest BCUT2D eigenvalue weighted by molar-refractivity contribution is 5.92. The van der Waals surface area contributed by atoms with E-state index in [1.165, 1.54) is 7.11 Å². The van der Waals surface area contributed by atoms with E-state index in [-0.39, 0.29) is 18.3 Å². The third kappa shape index (κ3) is 6.49. The van der Waals surface area contributed by atoms with Gasteiger partial charge in [0, 0.05) is 25.7 Å². The van der Waals surface area contributed by atoms with Crippen molar-refractivity contribution in [2.45, 2.75) is 32.2 Å². The van der Waals surface area contributed by atoms with Gasteiger partial charge in [0.1, 0.15) is 30.2 Å². The van der Waals surface area contributed by atoms with Crippen LogP contribution in [0, 0.1) is 12.7 Å². The number of benzene rings is 2. The number of hydrogen-bond acceptors (Lipinski definition) is 7. The highest BCUT2D eigenvalue weighted by Gasteiger charge is 2.32. The second-order valence-corrected chi connectivity index (χ2v) is 7.90. The second-order valence-electron chi connectivity index (χ2n) is 7.90. The highest BCUT2D eigenvalue weighted by Crippen LogP contribution is 2.36. The maximum Gasteiger partial charge on any atom is 0.416 e. The van der Waals surface area contributed by atoms with Crippen LogP contribution in [-0.4, -0.2) is 50.6 Å². The van der Waals surface area contributed by atoms with Crippen LogP contribution in [0.25, 0.3) is 10.9 Å². The molecule has 11 heteroatoms. The van der Waals surface area contributed by atoms with Gasteiger partial charge in [0.15, 0.2) is 11.5 Å². The van der Waals surface area contributed by atoms with Gasteiger partial charge in [-0.15, -0.1) is 0 Å². The van der Waals surface area contributed by atoms with Crippen LogP contribution >= 0.6 is 0 Å². The molecule has 1 N–H and O–H groups in total. The van der Waals surface area contributed by atoms with Gasteiger partial charge in [-0.3, -0.25) is 0 Å². The van der Waals surface area contributed by atoms with Crippen LogP contribution in [0.3, 0.4) is 0 Å². The number of halogens is 4. The first-order valence-electron chi connectivity index (χ1n) is 10.7. The Labute approximate surface area is 200 Å². The number of methoxy groups -OCH3 is 3. The lowest BCUT2D eigenvalue weighted by molar-refractivity contribution is -0.137. The maximum absolute atomic E-state index is 13.9. The molecule has 0 aliphatic carbocycles. The molecule has 1 unspecified atom stereocenters. The van der Waals surface area contributed by atoms with E-state index in [2.05, 4.69) is 15.3 Å². The number of ether oxygens (including phenoxy) is 4. The Morgan fingerprint density at radius 2 is 1.71 bits per heavy atom. The molecule has 0 saturated carbocycles. The van der Waals surface area contributed by atoms with Crippen LogP contribution in [0.1, 0.15) is 29.9 Å². The number of aromatic nitrogens is 2. The topological polar surface area (TPSA) is 74.7 Å². The Morgan fingerprint density at radius 1 is 0.971 bits per heavy atom. The zero-order valence-electron chi connectivity index (χ0n) is 20.0. The Hall–Kier alpha value is -3.18. The lowest BCUT2D eigenvalue weighted by Crippen LogP contribution is -2.25. The van der Waals surface area contributed by atoms with Crippen molar-refractivity contribution in [1.29, 1.82) is 0 Å². The van der Waals surface area contributed by atoms with E-state index in [4.69, 9.17) is 18.9 Å². The van der Waals surface area contributed by atoms with Crippen LogP contribution in [0.15, 0.2) is 30.3 Å². The Bertz CT molecular complexity index is 1170. The average molecular weight is 497 g/mol. The highest BCUT2D eigenvalue weighted by atomic mass is 19.4. The van der Waals surface area contributed by atoms with Gasteiger partial charge in [-0.2, -0.15) is 13.2 Å². The number of anilines is 1. The van der Waals surface area contributed by atoms with Gasteiger partial charge >= 0.3 is 6.18 Å². The number of alkyl halides is 3. The van der Waals surface area contributed by atoms with Crippen molar-refractivity contribution >= 4 is 16.7 Å². The third-order valence-corrected chi connectivity index (χ3v) is 5.30. The van der Waals surface area contributed by atoms with E-state index < -0.39 is 23.6 Å². The number of nitrogens with zero attached hydrogens (tertiary/aromatic N) is 2. The fourth-order valence-corrected chi connectivity index (χ4v) is 3.50. The quantitative estimate of drug-likeness (QED) is 0.380. The third-order valence-electron chi connectivity index (χ3n) is 5.30. The molecule has 1 aromatic heterocycles. The van der Waals surface area contributed by atoms with E-state index >= 15 is 0 Å². The molecular formula is C24H27F4N3O4. The van der Waals surface area contributed by atoms with Crippen LogP contribution in [-0.2, 0) is 15.7 Å². The minimum atomic E-state index is -4.67. The Balaban J connectivity index is 1.98. The van der Waals surface area contributed by atoms with E-state index in [1.54, 1.807) is 40.2 Å². The molecule has 0 bridgehead atoms. The lowest BCUT2D eigenvalue weighted by Gasteiger charge is -2.20. The summed E-state index contributed by atoms with van der Waals surface area (Å²) in [7, 11) is 4.59. The van der Waals surface area contributed by atoms with Gasteiger partial charge in [0.05, 0.1) is 30.8 Å². The molecule has 2 atom stereocenters. The zero-order chi connectivity index (χ0) is 25.8. The summed E-state index contributed by atoms with van der Waals surface area (Å²) < 4.78 is 75.2. The molecule has 7 nitrogen and oxygen atoms in total. The minimum Gasteiger partial charge on any atom is -0.493 e. The van der Waals surface area contributed by atoms with Gasteiger partial charge in [0.25, 0.3) is 0 Å². The van der Waals surface area contributed by atoms with Gasteiger partial charge < -0.3 is 24.3 Å². The van der Waals surface area contributed by atoms with E-state index in [1.807, 2.05) is 0 Å². The van der Waals surface area contributed by atoms with Crippen LogP contribution in [0.2, 0.25) is 0 Å². The Morgan fingerprint density at radius 3 is 2.34 bits per heavy atom. The molecule has 190 valence electrons. The second kappa shape index (κ2) is 11.0. The van der Waals surface area contributed by atoms with Gasteiger partial charge in [-0.1, -0.05) is 0 Å². The summed E-state index contributed by atoms with van der Waals surface area (Å²) in [6, 6.07) is 5.09. The van der Waals surface area contributed by atoms with Gasteiger partial charge in [-0.25, -0.2) is 14.4 Å². The molecule has 0 fully saturated rings. The van der Waals surface area contributed by atoms with E-state index in [0.29, 0.717) is 46.7 Å². The SMILES string of the molecule is COCC(COc1cc2c(N[C@H](C)c3cc(F)cc(C(F)(F)F)c3)nc(C)nc2cc1OC)OC. The fourth-order valence-electron chi connectivity index (χ4n) is 3.50. The number of fused-ring (bicyclic) bond motifs is 1. The summed E-state index contributed by atoms with van der Waals surface area (Å²) in [6.07, 6.45) is -4.98. The van der Waals surface area contributed by atoms with Gasteiger partial charge in [-0.05, 0) is 43.7 Å². The molecule has 0 amide bonds. The minimum absolute atomic E-state index is 0.120. The van der Waals surface area contributed by atoms with Crippen molar-refractivity contribution in [2.75, 3.05) is 39.9 Å². The van der Waals surface area contributed by atoms with Crippen molar-refractivity contribution in [1.82, 2.24) is 9.97 Å². The van der Waals surface area contributed by atoms with Gasteiger partial charge in [0.2, 0.25) is 0 Å². The zero-order valence-corrected chi connectivity index (χ0v) is 20.0. The predicted octanol–water partition coefficient (Wildman–Crippen LogP) is 5.32. The standard InChI is InChI=1S/C24H27F4N3O4/c1-13(15-6-16(24(26,27)28)8-17(25)7-15)29-23-19-9-22(35-12-18(33-4)11-32-3)21(34-5)10-20(19)30-14(2)31-23/h6-10,13,18H,11-12H2,1-5H3,(H,29,30,31)/t13-,18?/m1/s1. The molecule has 3 aromatic rings. The molecule has 3 rings (SSSR count). The average Bonchev–Trinajstić information content (AvgIpc) is 2.80. The van der Waals surface area contributed by atoms with Crippen molar-refractivity contribution in [3.8, 4) is 11.5 Å². The number of hydrogen-bond donors (Lipinski definition) is 1. The maximum atomic E-state index is 13.9. The van der Waals surface area contributed by atoms with Crippen LogP contribution < -0.4 is 14.8 Å². The fraction of sp³-hybridized carbons (Fsp3) is 0.417. The summed E-state index contributed by atoms with van der Waals surface area (Å²) in [4.78, 5) is 8.85. The summed E-state index contributed by atoms with van der Waals surface area (Å²) >= 11 is 0. The largest absolute Gasteiger partial charge is 0.493 e. The van der Waals surface area contributed by atoms with Crippen molar-refractivity contribution < 1.29 is 36.5 Å². The molecule has 0 aliphatic heterocycles. The monoisotopic (exact) mass is 497 g/mol. The van der Waals surface area contributed by atoms with Crippen LogP contribution in [0.4, 0.5) is 23.4 Å². The van der Waals surface area contributed by atoms with E-state index in [9.17, 15) is 17.6 Å². The summed E-state index contributed by atoms with van der Waals surface area (Å²) in [6.45, 7) is 3.81. The number of rotatable bonds is 10. The molecule has 1 heterocycles. The number of aryl methyl sites for hydroxylation is 1. The smallest absolute Gasteiger partial charge is 0.416 e. The molecule has 2 aromatic carbocycles. The molecule has 35 heavy (non-hydrogen) atoms. The predicted molar refractivity (Wildman–Crippen MR) is 122 cm³/mol. The van der Waals surface area contributed by atoms with Crippen LogP contribution in [0.5, 0.6) is 11.5 Å². The first-order valence-corrected chi connectivity index (χ1v) is 10.7. The first kappa shape index (κ1) is 26.4. The summed E-state index contributed by atoms with van der Waals surface area (Å²) in [5.74, 6) is 0.632. The van der Waals surface area contributed by atoms with Crippen molar-refractivity contribution in [3.05, 3.63) is 53.1 Å². The molecular weight excluding hydrogens is 470 g/mol.